The number of esters is 1. The standard InChI is InChI=1S/C38H65N3O16S2/c1-38(2,3)57-36(43)10-8-17-51-19-21-53-23-25-55-27-28-56-26-24-54-22-20-52-18-15-32(42)9-6-7-16-40(58(5,46)47)31-29-35(37(44)39-45)41(30-31)59(48,49)34-13-11-33(50-4)12-14-34/h11-14,31,35,45H,6-10,15-30H2,1-5H3,(H,39,44)/t31-,35+/m0/s1. The van der Waals surface area contributed by atoms with Crippen LogP contribution in [0.3, 0.4) is 0 Å². The van der Waals surface area contributed by atoms with E-state index in [4.69, 9.17) is 37.9 Å². The first-order chi connectivity index (χ1) is 28.0. The maximum Gasteiger partial charge on any atom is 0.306 e. The van der Waals surface area contributed by atoms with Crippen molar-refractivity contribution in [3.8, 4) is 5.75 Å². The average Bonchev–Trinajstić information content (AvgIpc) is 3.63. The summed E-state index contributed by atoms with van der Waals surface area (Å²) in [6, 6.07) is 3.31. The molecule has 1 saturated heterocycles. The molecule has 0 saturated carbocycles. The van der Waals surface area contributed by atoms with E-state index in [1.807, 2.05) is 20.8 Å². The van der Waals surface area contributed by atoms with Crippen molar-refractivity contribution in [2.75, 3.05) is 106 Å². The van der Waals surface area contributed by atoms with Crippen LogP contribution in [0.15, 0.2) is 29.2 Å². The summed E-state index contributed by atoms with van der Waals surface area (Å²) in [6.45, 7) is 9.85. The van der Waals surface area contributed by atoms with Crippen LogP contribution in [0.2, 0.25) is 0 Å². The number of Topliss-reactive ketones (excluding diaryl/α,β-unsaturated/α-hetero) is 1. The molecule has 2 atom stereocenters. The molecule has 340 valence electrons. The van der Waals surface area contributed by atoms with Gasteiger partial charge in [0.1, 0.15) is 23.2 Å². The van der Waals surface area contributed by atoms with Crippen LogP contribution in [0.1, 0.15) is 65.7 Å². The molecule has 0 radical (unpaired) electrons. The van der Waals surface area contributed by atoms with Gasteiger partial charge < -0.3 is 37.9 Å². The van der Waals surface area contributed by atoms with Gasteiger partial charge in [-0.05, 0) is 70.7 Å². The molecule has 1 aromatic carbocycles. The topological polar surface area (TPSA) is 232 Å². The van der Waals surface area contributed by atoms with E-state index in [2.05, 4.69) is 0 Å². The van der Waals surface area contributed by atoms with Crippen LogP contribution in [0.4, 0.5) is 0 Å². The van der Waals surface area contributed by atoms with Gasteiger partial charge in [0, 0.05) is 45.0 Å². The van der Waals surface area contributed by atoms with Gasteiger partial charge in [0.05, 0.1) is 90.9 Å². The molecule has 1 amide bonds. The fourth-order valence-corrected chi connectivity index (χ4v) is 8.68. The molecule has 2 rings (SSSR count). The number of hydroxylamine groups is 1. The average molecular weight is 884 g/mol. The van der Waals surface area contributed by atoms with E-state index in [0.717, 1.165) is 14.9 Å². The van der Waals surface area contributed by atoms with E-state index in [1.165, 1.54) is 36.9 Å². The van der Waals surface area contributed by atoms with Crippen LogP contribution in [0.5, 0.6) is 5.75 Å². The molecule has 0 aromatic heterocycles. The molecule has 0 bridgehead atoms. The number of ether oxygens (including phenoxy) is 8. The van der Waals surface area contributed by atoms with Gasteiger partial charge in [-0.15, -0.1) is 0 Å². The SMILES string of the molecule is COc1ccc(S(=O)(=O)N2C[C@@H](N(CCCCC(=O)CCOCCOCCOCCOCCOCCOCCCC(=O)OC(C)(C)C)S(C)(=O)=O)C[C@@H]2C(=O)NO)cc1. The van der Waals surface area contributed by atoms with E-state index < -0.39 is 43.6 Å². The molecular formula is C38H65N3O16S2. The van der Waals surface area contributed by atoms with Crippen molar-refractivity contribution >= 4 is 37.7 Å². The minimum Gasteiger partial charge on any atom is -0.497 e. The third-order valence-corrected chi connectivity index (χ3v) is 11.9. The fourth-order valence-electron chi connectivity index (χ4n) is 5.89. The Morgan fingerprint density at radius 3 is 1.73 bits per heavy atom. The lowest BCUT2D eigenvalue weighted by atomic mass is 10.1. The molecule has 0 aliphatic carbocycles. The summed E-state index contributed by atoms with van der Waals surface area (Å²) in [4.78, 5) is 36.5. The monoisotopic (exact) mass is 883 g/mol. The van der Waals surface area contributed by atoms with Gasteiger partial charge in [-0.1, -0.05) is 0 Å². The lowest BCUT2D eigenvalue weighted by molar-refractivity contribution is -0.155. The Labute approximate surface area is 349 Å². The number of hydrogen-bond acceptors (Lipinski definition) is 16. The molecule has 0 unspecified atom stereocenters. The first kappa shape index (κ1) is 52.3. The third-order valence-electron chi connectivity index (χ3n) is 8.70. The molecule has 2 N–H and O–H groups in total. The fraction of sp³-hybridized carbons (Fsp3) is 0.763. The molecule has 1 aliphatic rings. The van der Waals surface area contributed by atoms with Crippen LogP contribution in [0.25, 0.3) is 0 Å². The van der Waals surface area contributed by atoms with Crippen LogP contribution < -0.4 is 10.2 Å². The Bertz CT molecular complexity index is 1590. The second-order valence-corrected chi connectivity index (χ2v) is 18.4. The van der Waals surface area contributed by atoms with Crippen molar-refractivity contribution in [2.45, 2.75) is 88.3 Å². The lowest BCUT2D eigenvalue weighted by Crippen LogP contribution is -2.45. The van der Waals surface area contributed by atoms with Gasteiger partial charge in [0.2, 0.25) is 20.0 Å². The van der Waals surface area contributed by atoms with E-state index in [0.29, 0.717) is 104 Å². The second-order valence-electron chi connectivity index (χ2n) is 14.6. The summed E-state index contributed by atoms with van der Waals surface area (Å²) < 4.78 is 97.8. The molecular weight excluding hydrogens is 819 g/mol. The van der Waals surface area contributed by atoms with Gasteiger partial charge in [0.25, 0.3) is 5.91 Å². The molecule has 19 nitrogen and oxygen atoms in total. The summed E-state index contributed by atoms with van der Waals surface area (Å²) in [5, 5.41) is 9.32. The van der Waals surface area contributed by atoms with E-state index in [9.17, 15) is 36.4 Å². The van der Waals surface area contributed by atoms with Gasteiger partial charge >= 0.3 is 5.97 Å². The van der Waals surface area contributed by atoms with E-state index in [1.54, 1.807) is 0 Å². The molecule has 0 spiro atoms. The molecule has 59 heavy (non-hydrogen) atoms. The molecule has 1 aromatic rings. The third kappa shape index (κ3) is 21.5. The van der Waals surface area contributed by atoms with Crippen molar-refractivity contribution in [1.29, 1.82) is 0 Å². The summed E-state index contributed by atoms with van der Waals surface area (Å²) in [5.41, 5.74) is 1.01. The number of nitrogens with one attached hydrogen (secondary N) is 1. The number of amides is 1. The summed E-state index contributed by atoms with van der Waals surface area (Å²) in [7, 11) is -6.66. The minimum absolute atomic E-state index is 0.0130. The van der Waals surface area contributed by atoms with Crippen LogP contribution in [-0.2, 0) is 67.6 Å². The number of benzene rings is 1. The van der Waals surface area contributed by atoms with Gasteiger partial charge in [-0.25, -0.2) is 22.3 Å². The van der Waals surface area contributed by atoms with Gasteiger partial charge in [-0.2, -0.15) is 8.61 Å². The Morgan fingerprint density at radius 2 is 1.25 bits per heavy atom. The Kier molecular flexibility index (Phi) is 24.7. The van der Waals surface area contributed by atoms with E-state index in [-0.39, 0.29) is 55.6 Å². The largest absolute Gasteiger partial charge is 0.497 e. The van der Waals surface area contributed by atoms with Crippen molar-refractivity contribution in [1.82, 2.24) is 14.1 Å². The van der Waals surface area contributed by atoms with Crippen LogP contribution in [-0.4, -0.2) is 172 Å². The molecule has 1 heterocycles. The maximum atomic E-state index is 13.5. The summed E-state index contributed by atoms with van der Waals surface area (Å²) >= 11 is 0. The quantitative estimate of drug-likeness (QED) is 0.0445. The molecule has 21 heteroatoms. The Morgan fingerprint density at radius 1 is 0.746 bits per heavy atom. The van der Waals surface area contributed by atoms with Gasteiger partial charge in [-0.3, -0.25) is 19.6 Å². The lowest BCUT2D eigenvalue weighted by Gasteiger charge is -2.26. The zero-order valence-electron chi connectivity index (χ0n) is 35.1. The first-order valence-corrected chi connectivity index (χ1v) is 23.0. The maximum absolute atomic E-state index is 13.5. The predicted octanol–water partition coefficient (Wildman–Crippen LogP) is 1.94. The minimum atomic E-state index is -4.25. The summed E-state index contributed by atoms with van der Waals surface area (Å²) in [6.07, 6.45) is 2.86. The highest BCUT2D eigenvalue weighted by molar-refractivity contribution is 7.89. The highest BCUT2D eigenvalue weighted by Gasteiger charge is 2.47. The molecule has 1 aliphatic heterocycles. The molecule has 1 fully saturated rings. The number of carbonyl (C=O) groups excluding carboxylic acids is 3. The number of methoxy groups -OCH3 is 1. The first-order valence-electron chi connectivity index (χ1n) is 19.8. The zero-order chi connectivity index (χ0) is 43.7. The highest BCUT2D eigenvalue weighted by atomic mass is 32.2. The van der Waals surface area contributed by atoms with Crippen molar-refractivity contribution in [3.63, 3.8) is 0 Å². The van der Waals surface area contributed by atoms with E-state index >= 15 is 0 Å². The normalized spacial score (nSPS) is 16.4. The van der Waals surface area contributed by atoms with Crippen LogP contribution >= 0.6 is 0 Å². The van der Waals surface area contributed by atoms with Crippen molar-refractivity contribution in [2.24, 2.45) is 0 Å². The Balaban J connectivity index is 1.50. The summed E-state index contributed by atoms with van der Waals surface area (Å²) in [5.74, 6) is -0.831. The number of hydrogen-bond donors (Lipinski definition) is 2. The number of unbranched alkanes of at least 4 members (excludes halogenated alkanes) is 1. The zero-order valence-corrected chi connectivity index (χ0v) is 36.7. The van der Waals surface area contributed by atoms with Crippen LogP contribution in [0, 0.1) is 0 Å². The second kappa shape index (κ2) is 27.9. The van der Waals surface area contributed by atoms with Crippen molar-refractivity contribution in [3.05, 3.63) is 24.3 Å². The number of carbonyl (C=O) groups is 3. The predicted molar refractivity (Wildman–Crippen MR) is 214 cm³/mol. The van der Waals surface area contributed by atoms with Crippen molar-refractivity contribution < 1.29 is 74.3 Å². The number of ketones is 1. The number of rotatable bonds is 33. The highest BCUT2D eigenvalue weighted by Crippen LogP contribution is 2.31. The smallest absolute Gasteiger partial charge is 0.306 e. The number of nitrogens with zero attached hydrogens (tertiary/aromatic N) is 2. The Hall–Kier alpha value is -2.83. The number of sulfonamides is 2. The van der Waals surface area contributed by atoms with Gasteiger partial charge in [0.15, 0.2) is 0 Å².